The molecule has 1 amide bonds. The van der Waals surface area contributed by atoms with Gasteiger partial charge in [-0.1, -0.05) is 30.3 Å². The Balaban J connectivity index is 1.48. The summed E-state index contributed by atoms with van der Waals surface area (Å²) in [5.74, 6) is 0.591. The molecule has 0 saturated carbocycles. The van der Waals surface area contributed by atoms with E-state index in [1.54, 1.807) is 24.7 Å². The summed E-state index contributed by atoms with van der Waals surface area (Å²) in [5.41, 5.74) is 1.03. The number of nitrogens with zero attached hydrogens (tertiary/aromatic N) is 3. The van der Waals surface area contributed by atoms with Gasteiger partial charge in [0, 0.05) is 44.4 Å². The molecule has 1 saturated heterocycles. The molecule has 0 atom stereocenters. The third kappa shape index (κ3) is 4.39. The molecule has 0 radical (unpaired) electrons. The van der Waals surface area contributed by atoms with Gasteiger partial charge in [0.1, 0.15) is 6.10 Å². The average molecular weight is 309 g/mol. The van der Waals surface area contributed by atoms with Gasteiger partial charge in [0.2, 0.25) is 11.8 Å². The topological polar surface area (TPSA) is 55.3 Å². The molecule has 3 rings (SSSR count). The maximum absolute atomic E-state index is 12.2. The molecule has 1 aromatic carbocycles. The van der Waals surface area contributed by atoms with E-state index < -0.39 is 0 Å². The lowest BCUT2D eigenvalue weighted by Crippen LogP contribution is -2.41. The number of carbonyl (C=O) groups excluding carboxylic acids is 1. The van der Waals surface area contributed by atoms with Crippen LogP contribution in [0.15, 0.2) is 55.0 Å². The lowest BCUT2D eigenvalue weighted by Gasteiger charge is -2.31. The number of piperidine rings is 1. The van der Waals surface area contributed by atoms with Crippen LogP contribution in [0.2, 0.25) is 0 Å². The molecule has 1 aliphatic rings. The number of carbonyl (C=O) groups is 1. The highest BCUT2D eigenvalue weighted by molar-refractivity contribution is 5.91. The molecule has 1 aliphatic heterocycles. The monoisotopic (exact) mass is 309 g/mol. The molecule has 1 aromatic heterocycles. The molecule has 2 aromatic rings. The van der Waals surface area contributed by atoms with Crippen LogP contribution in [0.5, 0.6) is 5.88 Å². The number of likely N-dealkylation sites (tertiary alicyclic amines) is 1. The summed E-state index contributed by atoms with van der Waals surface area (Å²) in [5, 5.41) is 0. The fourth-order valence-corrected chi connectivity index (χ4v) is 2.55. The quantitative estimate of drug-likeness (QED) is 0.815. The fraction of sp³-hybridized carbons (Fsp3) is 0.278. The standard InChI is InChI=1S/C18H19N3O2/c22-18(7-6-15-4-2-1-3-5-15)21-12-8-16(9-13-21)23-17-14-19-10-11-20-17/h1-7,10-11,14,16H,8-9,12-13H2. The summed E-state index contributed by atoms with van der Waals surface area (Å²) in [6, 6.07) is 9.83. The van der Waals surface area contributed by atoms with Crippen molar-refractivity contribution >= 4 is 12.0 Å². The normalized spacial score (nSPS) is 15.7. The third-order valence-corrected chi connectivity index (χ3v) is 3.80. The molecule has 23 heavy (non-hydrogen) atoms. The molecule has 5 heteroatoms. The Morgan fingerprint density at radius 2 is 1.96 bits per heavy atom. The van der Waals surface area contributed by atoms with Gasteiger partial charge in [-0.15, -0.1) is 0 Å². The molecule has 1 fully saturated rings. The zero-order valence-electron chi connectivity index (χ0n) is 12.8. The zero-order valence-corrected chi connectivity index (χ0v) is 12.8. The number of benzene rings is 1. The van der Waals surface area contributed by atoms with Crippen LogP contribution in [0, 0.1) is 0 Å². The number of ether oxygens (including phenoxy) is 1. The number of hydrogen-bond donors (Lipinski definition) is 0. The van der Waals surface area contributed by atoms with Crippen molar-refractivity contribution in [1.82, 2.24) is 14.9 Å². The second-order valence-electron chi connectivity index (χ2n) is 5.43. The van der Waals surface area contributed by atoms with Crippen LogP contribution < -0.4 is 4.74 Å². The van der Waals surface area contributed by atoms with Gasteiger partial charge in [-0.05, 0) is 11.6 Å². The second kappa shape index (κ2) is 7.54. The highest BCUT2D eigenvalue weighted by atomic mass is 16.5. The highest BCUT2D eigenvalue weighted by Crippen LogP contribution is 2.16. The van der Waals surface area contributed by atoms with E-state index in [0.717, 1.165) is 18.4 Å². The van der Waals surface area contributed by atoms with Crippen LogP contribution in [0.4, 0.5) is 0 Å². The van der Waals surface area contributed by atoms with Crippen LogP contribution in [-0.4, -0.2) is 40.0 Å². The van der Waals surface area contributed by atoms with Gasteiger partial charge in [-0.2, -0.15) is 0 Å². The van der Waals surface area contributed by atoms with E-state index in [-0.39, 0.29) is 12.0 Å². The van der Waals surface area contributed by atoms with Crippen LogP contribution >= 0.6 is 0 Å². The minimum absolute atomic E-state index is 0.0480. The van der Waals surface area contributed by atoms with E-state index >= 15 is 0 Å². The van der Waals surface area contributed by atoms with Gasteiger partial charge in [0.15, 0.2) is 0 Å². The lowest BCUT2D eigenvalue weighted by molar-refractivity contribution is -0.127. The van der Waals surface area contributed by atoms with Gasteiger partial charge in [0.25, 0.3) is 0 Å². The van der Waals surface area contributed by atoms with Crippen molar-refractivity contribution in [2.24, 2.45) is 0 Å². The smallest absolute Gasteiger partial charge is 0.246 e. The van der Waals surface area contributed by atoms with Crippen molar-refractivity contribution in [2.75, 3.05) is 13.1 Å². The van der Waals surface area contributed by atoms with E-state index in [4.69, 9.17) is 4.74 Å². The summed E-state index contributed by atoms with van der Waals surface area (Å²) in [6.45, 7) is 1.39. The molecule has 0 N–H and O–H groups in total. The molecule has 0 spiro atoms. The van der Waals surface area contributed by atoms with E-state index in [9.17, 15) is 4.79 Å². The van der Waals surface area contributed by atoms with E-state index in [2.05, 4.69) is 9.97 Å². The van der Waals surface area contributed by atoms with E-state index in [1.165, 1.54) is 0 Å². The summed E-state index contributed by atoms with van der Waals surface area (Å²) >= 11 is 0. The summed E-state index contributed by atoms with van der Waals surface area (Å²) in [7, 11) is 0. The first kappa shape index (κ1) is 15.2. The number of rotatable bonds is 4. The minimum Gasteiger partial charge on any atom is -0.473 e. The molecule has 0 bridgehead atoms. The Bertz CT molecular complexity index is 650. The largest absolute Gasteiger partial charge is 0.473 e. The summed E-state index contributed by atoms with van der Waals surface area (Å²) in [6.07, 6.45) is 10.0. The maximum atomic E-state index is 12.2. The van der Waals surface area contributed by atoms with Crippen LogP contribution in [-0.2, 0) is 4.79 Å². The average Bonchev–Trinajstić information content (AvgIpc) is 2.62. The van der Waals surface area contributed by atoms with Crippen LogP contribution in [0.3, 0.4) is 0 Å². The molecule has 5 nitrogen and oxygen atoms in total. The Hall–Kier alpha value is -2.69. The van der Waals surface area contributed by atoms with Crippen LogP contribution in [0.1, 0.15) is 18.4 Å². The van der Waals surface area contributed by atoms with Crippen molar-refractivity contribution in [2.45, 2.75) is 18.9 Å². The summed E-state index contributed by atoms with van der Waals surface area (Å²) < 4.78 is 5.78. The maximum Gasteiger partial charge on any atom is 0.246 e. The first-order valence-electron chi connectivity index (χ1n) is 7.76. The second-order valence-corrected chi connectivity index (χ2v) is 5.43. The van der Waals surface area contributed by atoms with Gasteiger partial charge in [-0.3, -0.25) is 9.78 Å². The Labute approximate surface area is 135 Å². The first-order chi connectivity index (χ1) is 11.3. The van der Waals surface area contributed by atoms with Crippen molar-refractivity contribution < 1.29 is 9.53 Å². The predicted molar refractivity (Wildman–Crippen MR) is 87.7 cm³/mol. The van der Waals surface area contributed by atoms with E-state index in [1.807, 2.05) is 41.3 Å². The summed E-state index contributed by atoms with van der Waals surface area (Å²) in [4.78, 5) is 22.2. The van der Waals surface area contributed by atoms with Gasteiger partial charge < -0.3 is 9.64 Å². The van der Waals surface area contributed by atoms with Gasteiger partial charge in [-0.25, -0.2) is 4.98 Å². The molecule has 0 aliphatic carbocycles. The molecular formula is C18H19N3O2. The van der Waals surface area contributed by atoms with Gasteiger partial charge in [0.05, 0.1) is 6.20 Å². The number of aromatic nitrogens is 2. The lowest BCUT2D eigenvalue weighted by atomic mass is 10.1. The molecule has 0 unspecified atom stereocenters. The molecular weight excluding hydrogens is 290 g/mol. The molecule has 2 heterocycles. The Kier molecular flexibility index (Phi) is 4.99. The first-order valence-corrected chi connectivity index (χ1v) is 7.76. The Morgan fingerprint density at radius 3 is 2.65 bits per heavy atom. The van der Waals surface area contributed by atoms with Crippen molar-refractivity contribution in [3.05, 3.63) is 60.6 Å². The highest BCUT2D eigenvalue weighted by Gasteiger charge is 2.23. The fourth-order valence-electron chi connectivity index (χ4n) is 2.55. The van der Waals surface area contributed by atoms with Crippen LogP contribution in [0.25, 0.3) is 6.08 Å². The van der Waals surface area contributed by atoms with Crippen molar-refractivity contribution in [3.8, 4) is 5.88 Å². The third-order valence-electron chi connectivity index (χ3n) is 3.80. The number of hydrogen-bond acceptors (Lipinski definition) is 4. The van der Waals surface area contributed by atoms with Gasteiger partial charge >= 0.3 is 0 Å². The zero-order chi connectivity index (χ0) is 15.9. The SMILES string of the molecule is O=C(C=Cc1ccccc1)N1CCC(Oc2cnccn2)CC1. The molecule has 118 valence electrons. The van der Waals surface area contributed by atoms with Crippen molar-refractivity contribution in [1.29, 1.82) is 0 Å². The Morgan fingerprint density at radius 1 is 1.17 bits per heavy atom. The van der Waals surface area contributed by atoms with Crippen molar-refractivity contribution in [3.63, 3.8) is 0 Å². The van der Waals surface area contributed by atoms with E-state index in [0.29, 0.717) is 19.0 Å². The minimum atomic E-state index is 0.0480. The number of amides is 1. The predicted octanol–water partition coefficient (Wildman–Crippen LogP) is 2.56.